The van der Waals surface area contributed by atoms with Gasteiger partial charge in [-0.05, 0) is 61.2 Å². The first kappa shape index (κ1) is 20.7. The number of hydrogen-bond acceptors (Lipinski definition) is 4. The maximum atomic E-state index is 13.0. The Bertz CT molecular complexity index is 785. The number of aliphatic hydroxyl groups is 1. The van der Waals surface area contributed by atoms with Gasteiger partial charge in [-0.2, -0.15) is 4.31 Å². The maximum absolute atomic E-state index is 13.0. The summed E-state index contributed by atoms with van der Waals surface area (Å²) in [5, 5.41) is 9.54. The van der Waals surface area contributed by atoms with E-state index in [2.05, 4.69) is 0 Å². The molecule has 0 radical (unpaired) electrons. The third kappa shape index (κ3) is 5.99. The van der Waals surface area contributed by atoms with E-state index in [9.17, 15) is 8.42 Å². The zero-order chi connectivity index (χ0) is 19.0. The molecule has 0 fully saturated rings. The Kier molecular flexibility index (Phi) is 7.90. The molecule has 0 saturated heterocycles. The molecule has 1 aromatic carbocycles. The fraction of sp³-hybridized carbons (Fsp3) is 0.368. The van der Waals surface area contributed by atoms with Crippen molar-refractivity contribution in [2.24, 2.45) is 5.92 Å². The van der Waals surface area contributed by atoms with E-state index in [0.29, 0.717) is 30.2 Å². The highest BCUT2D eigenvalue weighted by atomic mass is 35.5. The molecule has 0 unspecified atom stereocenters. The normalized spacial score (nSPS) is 13.5. The van der Waals surface area contributed by atoms with Crippen LogP contribution in [0.3, 0.4) is 0 Å². The Morgan fingerprint density at radius 1 is 1.23 bits per heavy atom. The standard InChI is InChI=1S/C19H24ClNO4S/c1-16(11-14-22)10-13-21(12-2-4-18-5-3-15-25-18)26(23,24)19-8-6-17(20)7-9-19/h2-9,15-16,22H,10-14H2,1H3/t16-/m1/s1. The molecule has 0 bridgehead atoms. The minimum Gasteiger partial charge on any atom is -0.465 e. The molecule has 0 saturated carbocycles. The van der Waals surface area contributed by atoms with Crippen LogP contribution in [0.25, 0.3) is 6.08 Å². The Labute approximate surface area is 159 Å². The lowest BCUT2D eigenvalue weighted by atomic mass is 10.1. The summed E-state index contributed by atoms with van der Waals surface area (Å²) in [6.45, 7) is 2.71. The fourth-order valence-electron chi connectivity index (χ4n) is 2.47. The third-order valence-corrected chi connectivity index (χ3v) is 6.21. The van der Waals surface area contributed by atoms with E-state index in [-0.39, 0.29) is 24.0 Å². The smallest absolute Gasteiger partial charge is 0.243 e. The first-order chi connectivity index (χ1) is 12.4. The highest BCUT2D eigenvalue weighted by Crippen LogP contribution is 2.20. The van der Waals surface area contributed by atoms with Crippen LogP contribution in [0.1, 0.15) is 25.5 Å². The minimum absolute atomic E-state index is 0.101. The molecule has 7 heteroatoms. The van der Waals surface area contributed by atoms with Gasteiger partial charge < -0.3 is 9.52 Å². The van der Waals surface area contributed by atoms with E-state index in [1.165, 1.54) is 16.4 Å². The van der Waals surface area contributed by atoms with Crippen molar-refractivity contribution in [3.63, 3.8) is 0 Å². The van der Waals surface area contributed by atoms with E-state index >= 15 is 0 Å². The summed E-state index contributed by atoms with van der Waals surface area (Å²) in [5.74, 6) is 0.902. The van der Waals surface area contributed by atoms with Crippen molar-refractivity contribution in [1.82, 2.24) is 4.31 Å². The van der Waals surface area contributed by atoms with E-state index in [1.807, 2.05) is 6.92 Å². The lowest BCUT2D eigenvalue weighted by molar-refractivity contribution is 0.253. The van der Waals surface area contributed by atoms with Crippen molar-refractivity contribution in [2.75, 3.05) is 19.7 Å². The van der Waals surface area contributed by atoms with Crippen molar-refractivity contribution < 1.29 is 17.9 Å². The summed E-state index contributed by atoms with van der Waals surface area (Å²) < 4.78 is 32.6. The van der Waals surface area contributed by atoms with Crippen molar-refractivity contribution >= 4 is 27.7 Å². The summed E-state index contributed by atoms with van der Waals surface area (Å²) >= 11 is 5.87. The molecule has 2 aromatic rings. The third-order valence-electron chi connectivity index (χ3n) is 4.08. The quantitative estimate of drug-likeness (QED) is 0.656. The monoisotopic (exact) mass is 397 g/mol. The Balaban J connectivity index is 2.16. The van der Waals surface area contributed by atoms with Gasteiger partial charge in [-0.15, -0.1) is 0 Å². The molecule has 0 aliphatic heterocycles. The van der Waals surface area contributed by atoms with Crippen LogP contribution in [0.2, 0.25) is 5.02 Å². The summed E-state index contributed by atoms with van der Waals surface area (Å²) in [4.78, 5) is 0.211. The van der Waals surface area contributed by atoms with Gasteiger partial charge in [0.1, 0.15) is 5.76 Å². The van der Waals surface area contributed by atoms with Crippen LogP contribution in [0, 0.1) is 5.92 Å². The molecule has 0 aliphatic rings. The molecule has 0 amide bonds. The molecule has 1 atom stereocenters. The zero-order valence-corrected chi connectivity index (χ0v) is 16.3. The first-order valence-electron chi connectivity index (χ1n) is 8.50. The molecule has 1 aromatic heterocycles. The van der Waals surface area contributed by atoms with Gasteiger partial charge in [0, 0.05) is 24.7 Å². The van der Waals surface area contributed by atoms with E-state index in [4.69, 9.17) is 21.1 Å². The van der Waals surface area contributed by atoms with Crippen LogP contribution >= 0.6 is 11.6 Å². The van der Waals surface area contributed by atoms with Crippen molar-refractivity contribution in [3.8, 4) is 0 Å². The summed E-state index contributed by atoms with van der Waals surface area (Å²) in [7, 11) is -3.64. The largest absolute Gasteiger partial charge is 0.465 e. The molecule has 0 aliphatic carbocycles. The number of hydrogen-bond donors (Lipinski definition) is 1. The molecule has 1 N–H and O–H groups in total. The summed E-state index contributed by atoms with van der Waals surface area (Å²) in [6.07, 6.45) is 6.40. The average Bonchev–Trinajstić information content (AvgIpc) is 3.11. The van der Waals surface area contributed by atoms with Crippen molar-refractivity contribution in [3.05, 3.63) is 59.5 Å². The number of sulfonamides is 1. The number of aliphatic hydroxyl groups excluding tert-OH is 1. The molecule has 2 rings (SSSR count). The van der Waals surface area contributed by atoms with Gasteiger partial charge in [-0.3, -0.25) is 0 Å². The van der Waals surface area contributed by atoms with Gasteiger partial charge >= 0.3 is 0 Å². The number of halogens is 1. The Morgan fingerprint density at radius 2 is 1.96 bits per heavy atom. The van der Waals surface area contributed by atoms with Gasteiger partial charge in [0.2, 0.25) is 10.0 Å². The van der Waals surface area contributed by atoms with Crippen LogP contribution in [0.5, 0.6) is 0 Å². The van der Waals surface area contributed by atoms with Gasteiger partial charge in [0.05, 0.1) is 11.2 Å². The second-order valence-electron chi connectivity index (χ2n) is 6.14. The first-order valence-corrected chi connectivity index (χ1v) is 10.3. The topological polar surface area (TPSA) is 70.8 Å². The predicted octanol–water partition coefficient (Wildman–Crippen LogP) is 4.05. The lowest BCUT2D eigenvalue weighted by Crippen LogP contribution is -2.33. The van der Waals surface area contributed by atoms with Crippen LogP contribution in [0.15, 0.2) is 58.1 Å². The highest BCUT2D eigenvalue weighted by Gasteiger charge is 2.23. The molecular weight excluding hydrogens is 374 g/mol. The minimum atomic E-state index is -3.64. The molecule has 26 heavy (non-hydrogen) atoms. The lowest BCUT2D eigenvalue weighted by Gasteiger charge is -2.22. The SMILES string of the molecule is C[C@@H](CCO)CCN(CC=Cc1ccco1)S(=O)(=O)c1ccc(Cl)cc1. The van der Waals surface area contributed by atoms with Crippen LogP contribution in [-0.4, -0.2) is 37.5 Å². The zero-order valence-electron chi connectivity index (χ0n) is 14.7. The fourth-order valence-corrected chi connectivity index (χ4v) is 4.00. The Hall–Kier alpha value is -1.60. The van der Waals surface area contributed by atoms with Gasteiger partial charge in [-0.1, -0.05) is 24.6 Å². The van der Waals surface area contributed by atoms with Crippen LogP contribution in [-0.2, 0) is 10.0 Å². The molecule has 1 heterocycles. The predicted molar refractivity (Wildman–Crippen MR) is 103 cm³/mol. The Morgan fingerprint density at radius 3 is 2.58 bits per heavy atom. The van der Waals surface area contributed by atoms with Crippen molar-refractivity contribution in [2.45, 2.75) is 24.7 Å². The number of benzene rings is 1. The number of nitrogens with zero attached hydrogens (tertiary/aromatic N) is 1. The molecule has 5 nitrogen and oxygen atoms in total. The van der Waals surface area contributed by atoms with Crippen molar-refractivity contribution in [1.29, 1.82) is 0 Å². The van der Waals surface area contributed by atoms with Gasteiger partial charge in [-0.25, -0.2) is 8.42 Å². The van der Waals surface area contributed by atoms with Crippen LogP contribution in [0.4, 0.5) is 0 Å². The summed E-state index contributed by atoms with van der Waals surface area (Å²) in [5.41, 5.74) is 0. The summed E-state index contributed by atoms with van der Waals surface area (Å²) in [6, 6.07) is 9.74. The number of furan rings is 1. The van der Waals surface area contributed by atoms with E-state index in [1.54, 1.807) is 42.7 Å². The van der Waals surface area contributed by atoms with Gasteiger partial charge in [0.15, 0.2) is 0 Å². The molecule has 142 valence electrons. The van der Waals surface area contributed by atoms with E-state index in [0.717, 1.165) is 0 Å². The highest BCUT2D eigenvalue weighted by molar-refractivity contribution is 7.89. The second kappa shape index (κ2) is 9.92. The van der Waals surface area contributed by atoms with Gasteiger partial charge in [0.25, 0.3) is 0 Å². The molecule has 0 spiro atoms. The van der Waals surface area contributed by atoms with E-state index < -0.39 is 10.0 Å². The molecular formula is C19H24ClNO4S. The average molecular weight is 398 g/mol. The second-order valence-corrected chi connectivity index (χ2v) is 8.52. The maximum Gasteiger partial charge on any atom is 0.243 e. The number of rotatable bonds is 10. The van der Waals surface area contributed by atoms with Crippen LogP contribution < -0.4 is 0 Å².